The third-order valence-corrected chi connectivity index (χ3v) is 14.0. The molecule has 396 valence electrons. The fourth-order valence-electron chi connectivity index (χ4n) is 9.42. The van der Waals surface area contributed by atoms with Crippen LogP contribution in [-0.2, 0) is 14.3 Å². The molecule has 0 aromatic carbocycles. The van der Waals surface area contributed by atoms with Crippen molar-refractivity contribution in [3.63, 3.8) is 0 Å². The normalized spacial score (nSPS) is 19.8. The zero-order valence-electron chi connectivity index (χ0n) is 43.9. The van der Waals surface area contributed by atoms with Crippen LogP contribution in [0, 0.1) is 0 Å². The summed E-state index contributed by atoms with van der Waals surface area (Å²) in [6.07, 6.45) is 54.8. The molecule has 0 bridgehead atoms. The Kier molecular flexibility index (Phi) is 45.9. The molecule has 9 heteroatoms. The van der Waals surface area contributed by atoms with Gasteiger partial charge in [-0.05, 0) is 25.7 Å². The van der Waals surface area contributed by atoms with Gasteiger partial charge in [-0.2, -0.15) is 0 Å². The molecular weight excluding hydrogens is 839 g/mol. The molecule has 1 fully saturated rings. The zero-order valence-corrected chi connectivity index (χ0v) is 43.9. The van der Waals surface area contributed by atoms with E-state index in [4.69, 9.17) is 9.47 Å². The third kappa shape index (κ3) is 38.1. The van der Waals surface area contributed by atoms with Gasteiger partial charge in [0.1, 0.15) is 24.4 Å². The average molecular weight is 951 g/mol. The maximum absolute atomic E-state index is 12.9. The highest BCUT2D eigenvalue weighted by atomic mass is 16.7. The summed E-state index contributed by atoms with van der Waals surface area (Å²) in [5.74, 6) is -0.186. The Bertz CT molecular complexity index is 1100. The van der Waals surface area contributed by atoms with Crippen LogP contribution in [0.4, 0.5) is 0 Å². The number of hydrogen-bond acceptors (Lipinski definition) is 8. The first kappa shape index (κ1) is 63.7. The first-order chi connectivity index (χ1) is 32.8. The lowest BCUT2D eigenvalue weighted by Gasteiger charge is -2.40. The average Bonchev–Trinajstić information content (AvgIpc) is 3.33. The molecule has 1 rings (SSSR count). The number of hydrogen-bond donors (Lipinski definition) is 6. The van der Waals surface area contributed by atoms with Gasteiger partial charge in [0.15, 0.2) is 6.29 Å². The molecule has 6 N–H and O–H groups in total. The first-order valence-corrected chi connectivity index (χ1v) is 29.1. The topological polar surface area (TPSA) is 149 Å². The van der Waals surface area contributed by atoms with E-state index in [-0.39, 0.29) is 12.5 Å². The molecule has 7 atom stereocenters. The minimum absolute atomic E-state index is 0.186. The monoisotopic (exact) mass is 950 g/mol. The highest BCUT2D eigenvalue weighted by Gasteiger charge is 2.44. The van der Waals surface area contributed by atoms with Crippen LogP contribution >= 0.6 is 0 Å². The van der Waals surface area contributed by atoms with Crippen molar-refractivity contribution in [2.45, 2.75) is 326 Å². The van der Waals surface area contributed by atoms with Crippen molar-refractivity contribution in [1.29, 1.82) is 0 Å². The SMILES string of the molecule is CCC/C=C/CC/C=C/C(O)C(COC1OC(CO)C(O)C(O)C1O)NC(=O)CCCCCCCCCCCCCCCCCCCCCCCCCCCCCCCCCCCCCCC. The predicted octanol–water partition coefficient (Wildman–Crippen LogP) is 14.2. The second kappa shape index (κ2) is 48.3. The molecular formula is C58H111NO8. The molecule has 0 aromatic heterocycles. The lowest BCUT2D eigenvalue weighted by Crippen LogP contribution is -2.60. The van der Waals surface area contributed by atoms with Gasteiger partial charge in [0.2, 0.25) is 5.91 Å². The highest BCUT2D eigenvalue weighted by molar-refractivity contribution is 5.76. The summed E-state index contributed by atoms with van der Waals surface area (Å²) in [5.41, 5.74) is 0. The molecule has 1 aliphatic heterocycles. The predicted molar refractivity (Wildman–Crippen MR) is 281 cm³/mol. The molecule has 67 heavy (non-hydrogen) atoms. The smallest absolute Gasteiger partial charge is 0.220 e. The standard InChI is InChI=1S/C58H111NO8/c1-3-5-7-9-11-12-13-14-15-16-17-18-19-20-21-22-23-24-25-26-27-28-29-30-31-32-33-34-35-36-37-38-39-40-42-44-46-48-54(62)59-51(52(61)47-45-43-41-10-8-6-4-2)50-66-58-57(65)56(64)55(63)53(49-60)67-58/h8,10,45,47,51-53,55-58,60-61,63-65H,3-7,9,11-44,46,48-50H2,1-2H3,(H,59,62)/b10-8+,47-45+. The summed E-state index contributed by atoms with van der Waals surface area (Å²) in [4.78, 5) is 12.9. The Hall–Kier alpha value is -1.33. The Morgan fingerprint density at radius 1 is 0.493 bits per heavy atom. The van der Waals surface area contributed by atoms with E-state index in [2.05, 4.69) is 31.3 Å². The van der Waals surface area contributed by atoms with Crippen LogP contribution in [0.2, 0.25) is 0 Å². The Balaban J connectivity index is 1.96. The van der Waals surface area contributed by atoms with Crippen LogP contribution in [0.5, 0.6) is 0 Å². The van der Waals surface area contributed by atoms with Crippen molar-refractivity contribution < 1.29 is 39.8 Å². The minimum atomic E-state index is -1.57. The maximum atomic E-state index is 12.9. The Labute approximate surface area is 413 Å². The summed E-state index contributed by atoms with van der Waals surface area (Å²) in [5, 5.41) is 54.0. The molecule has 1 saturated heterocycles. The third-order valence-electron chi connectivity index (χ3n) is 14.0. The molecule has 0 saturated carbocycles. The van der Waals surface area contributed by atoms with Gasteiger partial charge in [-0.3, -0.25) is 4.79 Å². The molecule has 7 unspecified atom stereocenters. The van der Waals surface area contributed by atoms with Crippen molar-refractivity contribution in [3.05, 3.63) is 24.3 Å². The van der Waals surface area contributed by atoms with Crippen molar-refractivity contribution in [2.75, 3.05) is 13.2 Å². The number of carbonyl (C=O) groups is 1. The number of amides is 1. The maximum Gasteiger partial charge on any atom is 0.220 e. The molecule has 0 spiro atoms. The molecule has 0 radical (unpaired) electrons. The number of allylic oxidation sites excluding steroid dienone is 3. The Morgan fingerprint density at radius 2 is 0.851 bits per heavy atom. The van der Waals surface area contributed by atoms with Crippen LogP contribution < -0.4 is 5.32 Å². The number of unbranched alkanes of at least 4 members (excludes halogenated alkanes) is 38. The van der Waals surface area contributed by atoms with Crippen molar-refractivity contribution in [2.24, 2.45) is 0 Å². The number of rotatable bonds is 50. The van der Waals surface area contributed by atoms with E-state index < -0.39 is 49.5 Å². The second-order valence-electron chi connectivity index (χ2n) is 20.4. The Morgan fingerprint density at radius 3 is 1.22 bits per heavy atom. The number of nitrogens with one attached hydrogen (secondary N) is 1. The van der Waals surface area contributed by atoms with Gasteiger partial charge in [0.05, 0.1) is 25.4 Å². The first-order valence-electron chi connectivity index (χ1n) is 29.1. The fraction of sp³-hybridized carbons (Fsp3) is 0.914. The van der Waals surface area contributed by atoms with E-state index >= 15 is 0 Å². The van der Waals surface area contributed by atoms with E-state index in [0.717, 1.165) is 44.9 Å². The quantitative estimate of drug-likeness (QED) is 0.0261. The van der Waals surface area contributed by atoms with E-state index in [1.54, 1.807) is 6.08 Å². The van der Waals surface area contributed by atoms with Gasteiger partial charge in [-0.25, -0.2) is 0 Å². The van der Waals surface area contributed by atoms with Crippen molar-refractivity contribution >= 4 is 5.91 Å². The summed E-state index contributed by atoms with van der Waals surface area (Å²) >= 11 is 0. The molecule has 9 nitrogen and oxygen atoms in total. The molecule has 1 amide bonds. The number of aliphatic hydroxyl groups is 5. The van der Waals surface area contributed by atoms with E-state index in [1.165, 1.54) is 218 Å². The van der Waals surface area contributed by atoms with Crippen LogP contribution in [0.1, 0.15) is 284 Å². The lowest BCUT2D eigenvalue weighted by atomic mass is 9.99. The number of ether oxygens (including phenoxy) is 2. The second-order valence-corrected chi connectivity index (χ2v) is 20.4. The van der Waals surface area contributed by atoms with Gasteiger partial charge < -0.3 is 40.3 Å². The molecule has 1 heterocycles. The summed E-state index contributed by atoms with van der Waals surface area (Å²) in [7, 11) is 0. The van der Waals surface area contributed by atoms with Crippen LogP contribution in [0.15, 0.2) is 24.3 Å². The van der Waals surface area contributed by atoms with E-state index in [0.29, 0.717) is 6.42 Å². The zero-order chi connectivity index (χ0) is 48.7. The largest absolute Gasteiger partial charge is 0.394 e. The number of carbonyl (C=O) groups excluding carboxylic acids is 1. The minimum Gasteiger partial charge on any atom is -0.394 e. The molecule has 0 aliphatic carbocycles. The fourth-order valence-corrected chi connectivity index (χ4v) is 9.42. The summed E-state index contributed by atoms with van der Waals surface area (Å²) in [6, 6.07) is -0.815. The van der Waals surface area contributed by atoms with Crippen LogP contribution in [0.25, 0.3) is 0 Å². The van der Waals surface area contributed by atoms with Gasteiger partial charge in [0, 0.05) is 6.42 Å². The highest BCUT2D eigenvalue weighted by Crippen LogP contribution is 2.23. The lowest BCUT2D eigenvalue weighted by molar-refractivity contribution is -0.302. The van der Waals surface area contributed by atoms with Crippen LogP contribution in [-0.4, -0.2) is 87.5 Å². The van der Waals surface area contributed by atoms with E-state index in [1.807, 2.05) is 6.08 Å². The molecule has 1 aliphatic rings. The van der Waals surface area contributed by atoms with E-state index in [9.17, 15) is 30.3 Å². The summed E-state index contributed by atoms with van der Waals surface area (Å²) < 4.78 is 11.2. The van der Waals surface area contributed by atoms with Gasteiger partial charge in [-0.1, -0.05) is 276 Å². The molecule has 0 aromatic rings. The van der Waals surface area contributed by atoms with Gasteiger partial charge >= 0.3 is 0 Å². The van der Waals surface area contributed by atoms with Gasteiger partial charge in [0.25, 0.3) is 0 Å². The summed E-state index contributed by atoms with van der Waals surface area (Å²) in [6.45, 7) is 3.67. The van der Waals surface area contributed by atoms with Gasteiger partial charge in [-0.15, -0.1) is 0 Å². The van der Waals surface area contributed by atoms with Crippen molar-refractivity contribution in [3.8, 4) is 0 Å². The van der Waals surface area contributed by atoms with Crippen LogP contribution in [0.3, 0.4) is 0 Å². The van der Waals surface area contributed by atoms with Crippen molar-refractivity contribution in [1.82, 2.24) is 5.32 Å². The number of aliphatic hydroxyl groups excluding tert-OH is 5.